The molecule has 0 bridgehead atoms. The van der Waals surface area contributed by atoms with E-state index in [2.05, 4.69) is 58.8 Å². The molecule has 0 aromatic rings. The summed E-state index contributed by atoms with van der Waals surface area (Å²) in [6.45, 7) is 14.4. The van der Waals surface area contributed by atoms with E-state index in [0.29, 0.717) is 12.1 Å². The molecule has 4 heteroatoms. The van der Waals surface area contributed by atoms with Crippen molar-refractivity contribution in [3.05, 3.63) is 0 Å². The highest BCUT2D eigenvalue weighted by Gasteiger charge is 2.27. The Hall–Kier alpha value is -0.160. The summed E-state index contributed by atoms with van der Waals surface area (Å²) in [5, 5.41) is 13.1. The number of hydrogen-bond donors (Lipinski definition) is 2. The third-order valence-corrected chi connectivity index (χ3v) is 3.38. The van der Waals surface area contributed by atoms with Crippen LogP contribution in [0.25, 0.3) is 0 Å². The maximum absolute atomic E-state index is 9.61. The third-order valence-electron chi connectivity index (χ3n) is 3.38. The van der Waals surface area contributed by atoms with Crippen LogP contribution in [-0.2, 0) is 4.74 Å². The minimum absolute atomic E-state index is 0.159. The highest BCUT2D eigenvalue weighted by molar-refractivity contribution is 4.87. The molecule has 0 amide bonds. The van der Waals surface area contributed by atoms with Crippen LogP contribution in [0.2, 0.25) is 0 Å². The van der Waals surface area contributed by atoms with Crippen molar-refractivity contribution >= 4 is 0 Å². The summed E-state index contributed by atoms with van der Waals surface area (Å²) in [6, 6.07) is 0.776. The fourth-order valence-corrected chi connectivity index (χ4v) is 2.33. The lowest BCUT2D eigenvalue weighted by Gasteiger charge is -2.36. The minimum atomic E-state index is -0.221. The van der Waals surface area contributed by atoms with Crippen molar-refractivity contribution in [2.45, 2.75) is 71.7 Å². The number of aliphatic hydroxyl groups excluding tert-OH is 1. The monoisotopic (exact) mass is 274 g/mol. The number of nitrogens with one attached hydrogen (secondary N) is 1. The third kappa shape index (κ3) is 8.58. The van der Waals surface area contributed by atoms with Crippen molar-refractivity contribution < 1.29 is 9.84 Å². The lowest BCUT2D eigenvalue weighted by molar-refractivity contribution is 0.0499. The molecule has 0 saturated heterocycles. The van der Waals surface area contributed by atoms with E-state index in [1.165, 1.54) is 0 Å². The lowest BCUT2D eigenvalue weighted by Crippen LogP contribution is -2.52. The molecule has 0 aliphatic carbocycles. The summed E-state index contributed by atoms with van der Waals surface area (Å²) in [5.74, 6) is 0. The predicted molar refractivity (Wildman–Crippen MR) is 81.6 cm³/mol. The molecule has 0 radical (unpaired) electrons. The van der Waals surface area contributed by atoms with E-state index in [0.717, 1.165) is 19.6 Å². The van der Waals surface area contributed by atoms with Gasteiger partial charge < -0.3 is 20.1 Å². The molecule has 0 fully saturated rings. The largest absolute Gasteiger partial charge is 0.394 e. The summed E-state index contributed by atoms with van der Waals surface area (Å²) < 4.78 is 5.58. The molecule has 4 nitrogen and oxygen atoms in total. The van der Waals surface area contributed by atoms with Crippen LogP contribution in [0.1, 0.15) is 48.0 Å². The van der Waals surface area contributed by atoms with Crippen LogP contribution < -0.4 is 5.32 Å². The van der Waals surface area contributed by atoms with Crippen molar-refractivity contribution in [1.82, 2.24) is 10.2 Å². The number of likely N-dealkylation sites (N-methyl/N-ethyl adjacent to an activating group) is 1. The van der Waals surface area contributed by atoms with Crippen molar-refractivity contribution in [2.24, 2.45) is 0 Å². The quantitative estimate of drug-likeness (QED) is 0.638. The van der Waals surface area contributed by atoms with E-state index in [9.17, 15) is 5.11 Å². The van der Waals surface area contributed by atoms with Gasteiger partial charge >= 0.3 is 0 Å². The topological polar surface area (TPSA) is 44.7 Å². The molecule has 116 valence electrons. The highest BCUT2D eigenvalue weighted by Crippen LogP contribution is 2.16. The number of ether oxygens (including phenoxy) is 1. The predicted octanol–water partition coefficient (Wildman–Crippen LogP) is 1.87. The van der Waals surface area contributed by atoms with E-state index in [1.807, 2.05) is 0 Å². The van der Waals surface area contributed by atoms with Crippen LogP contribution in [0.5, 0.6) is 0 Å². The number of nitrogens with zero attached hydrogens (tertiary/aromatic N) is 1. The second kappa shape index (κ2) is 8.90. The van der Waals surface area contributed by atoms with Crippen LogP contribution in [0.15, 0.2) is 0 Å². The van der Waals surface area contributed by atoms with Crippen molar-refractivity contribution in [3.8, 4) is 0 Å². The van der Waals surface area contributed by atoms with Gasteiger partial charge in [-0.15, -0.1) is 0 Å². The van der Waals surface area contributed by atoms with Crippen molar-refractivity contribution in [3.63, 3.8) is 0 Å². The minimum Gasteiger partial charge on any atom is -0.394 e. The smallest absolute Gasteiger partial charge is 0.0611 e. The van der Waals surface area contributed by atoms with Crippen LogP contribution >= 0.6 is 0 Å². The Kier molecular flexibility index (Phi) is 8.83. The summed E-state index contributed by atoms with van der Waals surface area (Å²) in [6.07, 6.45) is 1.20. The lowest BCUT2D eigenvalue weighted by atomic mass is 9.93. The summed E-state index contributed by atoms with van der Waals surface area (Å²) >= 11 is 0. The normalized spacial score (nSPS) is 17.2. The standard InChI is InChI=1S/C15H34N2O2/c1-12(2)16-15(6,11-18)10-14(5)17(7)8-9-19-13(3)4/h12-14,16,18H,8-11H2,1-7H3. The van der Waals surface area contributed by atoms with Crippen LogP contribution in [0.4, 0.5) is 0 Å². The number of rotatable bonds is 10. The summed E-state index contributed by atoms with van der Waals surface area (Å²) in [4.78, 5) is 2.29. The Balaban J connectivity index is 4.20. The van der Waals surface area contributed by atoms with Crippen molar-refractivity contribution in [1.29, 1.82) is 0 Å². The second-order valence-electron chi connectivity index (χ2n) is 6.47. The van der Waals surface area contributed by atoms with Gasteiger partial charge in [0, 0.05) is 24.2 Å². The molecule has 0 heterocycles. The molecule has 0 aliphatic heterocycles. The zero-order valence-electron chi connectivity index (χ0n) is 13.9. The summed E-state index contributed by atoms with van der Waals surface area (Å²) in [5.41, 5.74) is -0.221. The first-order valence-electron chi connectivity index (χ1n) is 7.40. The molecule has 2 unspecified atom stereocenters. The molecule has 0 rings (SSSR count). The van der Waals surface area contributed by atoms with Gasteiger partial charge in [0.2, 0.25) is 0 Å². The van der Waals surface area contributed by atoms with Gasteiger partial charge in [-0.3, -0.25) is 0 Å². The van der Waals surface area contributed by atoms with Gasteiger partial charge in [-0.25, -0.2) is 0 Å². The molecule has 0 saturated carbocycles. The van der Waals surface area contributed by atoms with Crippen LogP contribution in [0.3, 0.4) is 0 Å². The first-order chi connectivity index (χ1) is 8.70. The zero-order valence-corrected chi connectivity index (χ0v) is 13.9. The van der Waals surface area contributed by atoms with Gasteiger partial charge in [-0.2, -0.15) is 0 Å². The first kappa shape index (κ1) is 18.8. The van der Waals surface area contributed by atoms with E-state index in [4.69, 9.17) is 4.74 Å². The molecule has 0 aromatic carbocycles. The van der Waals surface area contributed by atoms with Gasteiger partial charge in [0.1, 0.15) is 0 Å². The highest BCUT2D eigenvalue weighted by atomic mass is 16.5. The molecule has 0 aliphatic rings. The Morgan fingerprint density at radius 1 is 1.21 bits per heavy atom. The maximum Gasteiger partial charge on any atom is 0.0611 e. The van der Waals surface area contributed by atoms with Gasteiger partial charge in [-0.05, 0) is 41.2 Å². The maximum atomic E-state index is 9.61. The van der Waals surface area contributed by atoms with Gasteiger partial charge in [-0.1, -0.05) is 13.8 Å². The zero-order chi connectivity index (χ0) is 15.1. The van der Waals surface area contributed by atoms with Gasteiger partial charge in [0.15, 0.2) is 0 Å². The fourth-order valence-electron chi connectivity index (χ4n) is 2.33. The fraction of sp³-hybridized carbons (Fsp3) is 1.00. The Labute approximate surface area is 119 Å². The van der Waals surface area contributed by atoms with E-state index >= 15 is 0 Å². The average molecular weight is 274 g/mol. The Morgan fingerprint density at radius 2 is 1.79 bits per heavy atom. The number of aliphatic hydroxyl groups is 1. The van der Waals surface area contributed by atoms with E-state index in [1.54, 1.807) is 0 Å². The molecular weight excluding hydrogens is 240 g/mol. The molecule has 0 aromatic heterocycles. The molecule has 2 N–H and O–H groups in total. The average Bonchev–Trinajstić information content (AvgIpc) is 2.27. The Morgan fingerprint density at radius 3 is 2.21 bits per heavy atom. The molecule has 2 atom stereocenters. The first-order valence-corrected chi connectivity index (χ1v) is 7.40. The van der Waals surface area contributed by atoms with Crippen molar-refractivity contribution in [2.75, 3.05) is 26.8 Å². The Bertz CT molecular complexity index is 234. The second-order valence-corrected chi connectivity index (χ2v) is 6.47. The molecule has 0 spiro atoms. The van der Waals surface area contributed by atoms with E-state index < -0.39 is 0 Å². The van der Waals surface area contributed by atoms with E-state index in [-0.39, 0.29) is 18.2 Å². The molecular formula is C15H34N2O2. The van der Waals surface area contributed by atoms with Gasteiger partial charge in [0.25, 0.3) is 0 Å². The van der Waals surface area contributed by atoms with Crippen LogP contribution in [-0.4, -0.2) is 60.5 Å². The van der Waals surface area contributed by atoms with Crippen LogP contribution in [0, 0.1) is 0 Å². The summed E-state index contributed by atoms with van der Waals surface area (Å²) in [7, 11) is 2.11. The SMILES string of the molecule is CC(C)NC(C)(CO)CC(C)N(C)CCOC(C)C. The van der Waals surface area contributed by atoms with Gasteiger partial charge in [0.05, 0.1) is 19.3 Å². The number of hydrogen-bond acceptors (Lipinski definition) is 4. The molecule has 19 heavy (non-hydrogen) atoms.